The van der Waals surface area contributed by atoms with Gasteiger partial charge in [0.15, 0.2) is 0 Å². The van der Waals surface area contributed by atoms with Gasteiger partial charge in [-0.3, -0.25) is 0 Å². The van der Waals surface area contributed by atoms with E-state index in [1.807, 2.05) is 13.8 Å². The fraction of sp³-hybridized carbons (Fsp3) is 0.455. The van der Waals surface area contributed by atoms with Crippen molar-refractivity contribution in [3.63, 3.8) is 0 Å². The summed E-state index contributed by atoms with van der Waals surface area (Å²) in [5.74, 6) is 0. The zero-order chi connectivity index (χ0) is 13.2. The van der Waals surface area contributed by atoms with Crippen molar-refractivity contribution in [1.29, 1.82) is 0 Å². The molecule has 1 rings (SSSR count). The number of halogens is 2. The number of hydrogen-bond donors (Lipinski definition) is 0. The minimum absolute atomic E-state index is 0.0607. The molecule has 0 aliphatic carbocycles. The van der Waals surface area contributed by atoms with Crippen molar-refractivity contribution in [3.05, 3.63) is 28.2 Å². The molecular formula is C11H15Cl2NO2S. The van der Waals surface area contributed by atoms with Gasteiger partial charge in [-0.25, -0.2) is 8.42 Å². The summed E-state index contributed by atoms with van der Waals surface area (Å²) in [6.07, 6.45) is 0.747. The lowest BCUT2D eigenvalue weighted by molar-refractivity contribution is 0.380. The molecule has 3 nitrogen and oxygen atoms in total. The molecule has 0 fully saturated rings. The summed E-state index contributed by atoms with van der Waals surface area (Å²) in [6.45, 7) is 3.79. The van der Waals surface area contributed by atoms with E-state index in [1.54, 1.807) is 7.05 Å². The monoisotopic (exact) mass is 295 g/mol. The Labute approximate surface area is 112 Å². The second kappa shape index (κ2) is 5.57. The van der Waals surface area contributed by atoms with E-state index >= 15 is 0 Å². The third-order valence-corrected chi connectivity index (χ3v) is 5.49. The highest BCUT2D eigenvalue weighted by molar-refractivity contribution is 7.89. The van der Waals surface area contributed by atoms with Crippen molar-refractivity contribution in [1.82, 2.24) is 4.31 Å². The zero-order valence-corrected chi connectivity index (χ0v) is 12.3. The van der Waals surface area contributed by atoms with Crippen LogP contribution in [0.3, 0.4) is 0 Å². The average Bonchev–Trinajstić information content (AvgIpc) is 2.30. The Morgan fingerprint density at radius 3 is 2.35 bits per heavy atom. The Balaban J connectivity index is 3.17. The van der Waals surface area contributed by atoms with Crippen LogP contribution in [0.4, 0.5) is 0 Å². The molecule has 0 bridgehead atoms. The van der Waals surface area contributed by atoms with Crippen LogP contribution in [-0.4, -0.2) is 25.8 Å². The molecule has 1 atom stereocenters. The number of hydrogen-bond acceptors (Lipinski definition) is 2. The molecule has 96 valence electrons. The van der Waals surface area contributed by atoms with Crippen LogP contribution in [0, 0.1) is 0 Å². The van der Waals surface area contributed by atoms with Crippen molar-refractivity contribution in [2.45, 2.75) is 31.2 Å². The van der Waals surface area contributed by atoms with Gasteiger partial charge in [0, 0.05) is 13.1 Å². The highest BCUT2D eigenvalue weighted by Gasteiger charge is 2.24. The molecule has 0 spiro atoms. The normalized spacial score (nSPS) is 14.0. The van der Waals surface area contributed by atoms with Gasteiger partial charge in [-0.05, 0) is 31.5 Å². The van der Waals surface area contributed by atoms with Crippen LogP contribution in [0.25, 0.3) is 0 Å². The van der Waals surface area contributed by atoms with Crippen LogP contribution in [0.1, 0.15) is 20.3 Å². The van der Waals surface area contributed by atoms with E-state index in [1.165, 1.54) is 22.5 Å². The van der Waals surface area contributed by atoms with E-state index in [4.69, 9.17) is 23.2 Å². The first-order chi connectivity index (χ1) is 7.80. The van der Waals surface area contributed by atoms with Crippen molar-refractivity contribution in [2.24, 2.45) is 0 Å². The lowest BCUT2D eigenvalue weighted by Crippen LogP contribution is -2.34. The van der Waals surface area contributed by atoms with Crippen molar-refractivity contribution < 1.29 is 8.42 Å². The van der Waals surface area contributed by atoms with Crippen LogP contribution < -0.4 is 0 Å². The second-order valence-electron chi connectivity index (χ2n) is 3.85. The van der Waals surface area contributed by atoms with Crippen molar-refractivity contribution in [3.8, 4) is 0 Å². The van der Waals surface area contributed by atoms with Gasteiger partial charge in [-0.2, -0.15) is 4.31 Å². The summed E-state index contributed by atoms with van der Waals surface area (Å²) in [5, 5.41) is 0.585. The molecule has 0 aliphatic heterocycles. The van der Waals surface area contributed by atoms with Gasteiger partial charge < -0.3 is 0 Å². The Hall–Kier alpha value is -0.290. The van der Waals surface area contributed by atoms with E-state index in [0.717, 1.165) is 6.42 Å². The quantitative estimate of drug-likeness (QED) is 0.854. The molecule has 0 saturated carbocycles. The van der Waals surface area contributed by atoms with E-state index in [0.29, 0.717) is 5.02 Å². The molecular weight excluding hydrogens is 281 g/mol. The Kier molecular flexibility index (Phi) is 4.84. The molecule has 0 aromatic heterocycles. The van der Waals surface area contributed by atoms with Gasteiger partial charge in [0.1, 0.15) is 0 Å². The third kappa shape index (κ3) is 3.13. The van der Waals surface area contributed by atoms with Crippen LogP contribution >= 0.6 is 23.2 Å². The predicted molar refractivity (Wildman–Crippen MR) is 71.2 cm³/mol. The van der Waals surface area contributed by atoms with E-state index in [9.17, 15) is 8.42 Å². The molecule has 1 unspecified atom stereocenters. The second-order valence-corrected chi connectivity index (χ2v) is 6.67. The predicted octanol–water partition coefficient (Wildman–Crippen LogP) is 3.41. The molecule has 0 radical (unpaired) electrons. The smallest absolute Gasteiger partial charge is 0.207 e. The molecule has 0 N–H and O–H groups in total. The first-order valence-corrected chi connectivity index (χ1v) is 7.43. The summed E-state index contributed by atoms with van der Waals surface area (Å²) in [5.41, 5.74) is 0. The topological polar surface area (TPSA) is 37.4 Å². The molecule has 1 aromatic rings. The molecule has 0 amide bonds. The van der Waals surface area contributed by atoms with Crippen molar-refractivity contribution in [2.75, 3.05) is 7.05 Å². The van der Waals surface area contributed by atoms with Crippen LogP contribution in [0.5, 0.6) is 0 Å². The molecule has 17 heavy (non-hydrogen) atoms. The minimum atomic E-state index is -3.50. The third-order valence-electron chi connectivity index (χ3n) is 2.78. The van der Waals surface area contributed by atoms with Crippen molar-refractivity contribution >= 4 is 33.2 Å². The maximum Gasteiger partial charge on any atom is 0.243 e. The summed E-state index contributed by atoms with van der Waals surface area (Å²) in [6, 6.07) is 4.26. The van der Waals surface area contributed by atoms with Gasteiger partial charge in [-0.15, -0.1) is 0 Å². The summed E-state index contributed by atoms with van der Waals surface area (Å²) < 4.78 is 25.8. The molecule has 6 heteroatoms. The summed E-state index contributed by atoms with van der Waals surface area (Å²) in [4.78, 5) is 0.162. The lowest BCUT2D eigenvalue weighted by Gasteiger charge is -2.23. The fourth-order valence-electron chi connectivity index (χ4n) is 1.30. The van der Waals surface area contributed by atoms with Crippen LogP contribution in [0.15, 0.2) is 23.1 Å². The van der Waals surface area contributed by atoms with E-state index in [-0.39, 0.29) is 16.0 Å². The maximum absolute atomic E-state index is 12.2. The first kappa shape index (κ1) is 14.8. The molecule has 0 heterocycles. The standard InChI is InChI=1S/C11H15Cl2NO2S/c1-4-8(2)14(3)17(15,16)9-5-6-10(12)11(13)7-9/h5-8H,4H2,1-3H3. The Morgan fingerprint density at radius 1 is 1.29 bits per heavy atom. The average molecular weight is 296 g/mol. The summed E-state index contributed by atoms with van der Waals surface area (Å²) >= 11 is 11.6. The largest absolute Gasteiger partial charge is 0.243 e. The first-order valence-electron chi connectivity index (χ1n) is 5.23. The zero-order valence-electron chi connectivity index (χ0n) is 9.94. The lowest BCUT2D eigenvalue weighted by atomic mass is 10.3. The van der Waals surface area contributed by atoms with Gasteiger partial charge in [0.25, 0.3) is 0 Å². The van der Waals surface area contributed by atoms with Gasteiger partial charge in [-0.1, -0.05) is 30.1 Å². The van der Waals surface area contributed by atoms with Crippen LogP contribution in [-0.2, 0) is 10.0 Å². The highest BCUT2D eigenvalue weighted by Crippen LogP contribution is 2.26. The van der Waals surface area contributed by atoms with Gasteiger partial charge in [0.2, 0.25) is 10.0 Å². The molecule has 0 aliphatic rings. The molecule has 0 saturated heterocycles. The van der Waals surface area contributed by atoms with Gasteiger partial charge >= 0.3 is 0 Å². The number of benzene rings is 1. The number of sulfonamides is 1. The van der Waals surface area contributed by atoms with E-state index in [2.05, 4.69) is 0 Å². The fourth-order valence-corrected chi connectivity index (χ4v) is 3.12. The Morgan fingerprint density at radius 2 is 1.88 bits per heavy atom. The SMILES string of the molecule is CCC(C)N(C)S(=O)(=O)c1ccc(Cl)c(Cl)c1. The summed E-state index contributed by atoms with van der Waals surface area (Å²) in [7, 11) is -1.94. The molecule has 1 aromatic carbocycles. The maximum atomic E-state index is 12.2. The van der Waals surface area contributed by atoms with E-state index < -0.39 is 10.0 Å². The highest BCUT2D eigenvalue weighted by atomic mass is 35.5. The van der Waals surface area contributed by atoms with Gasteiger partial charge in [0.05, 0.1) is 14.9 Å². The number of nitrogens with zero attached hydrogens (tertiary/aromatic N) is 1. The number of rotatable bonds is 4. The van der Waals surface area contributed by atoms with Crippen LogP contribution in [0.2, 0.25) is 10.0 Å². The minimum Gasteiger partial charge on any atom is -0.207 e. The Bertz CT molecular complexity index is 502.